The maximum absolute atomic E-state index is 11.6. The Morgan fingerprint density at radius 2 is 1.91 bits per heavy atom. The highest BCUT2D eigenvalue weighted by molar-refractivity contribution is 5.17. The predicted molar refractivity (Wildman–Crippen MR) is 38.1 cm³/mol. The molecule has 0 amide bonds. The van der Waals surface area contributed by atoms with Gasteiger partial charge in [-0.1, -0.05) is 0 Å². The van der Waals surface area contributed by atoms with E-state index in [0.717, 1.165) is 0 Å². The van der Waals surface area contributed by atoms with Gasteiger partial charge in [0.05, 0.1) is 0 Å². The zero-order valence-corrected chi connectivity index (χ0v) is 6.37. The van der Waals surface area contributed by atoms with Crippen LogP contribution in [-0.4, -0.2) is 6.18 Å². The van der Waals surface area contributed by atoms with Crippen molar-refractivity contribution in [3.8, 4) is 0 Å². The van der Waals surface area contributed by atoms with Gasteiger partial charge in [0.15, 0.2) is 0 Å². The highest BCUT2D eigenvalue weighted by atomic mass is 19.4. The zero-order valence-electron chi connectivity index (χ0n) is 6.37. The van der Waals surface area contributed by atoms with Gasteiger partial charge in [-0.2, -0.15) is 13.2 Å². The molecule has 0 radical (unpaired) electrons. The lowest BCUT2D eigenvalue weighted by Crippen LogP contribution is -2.01. The summed E-state index contributed by atoms with van der Waals surface area (Å²) in [6, 6.07) is 0. The average Bonchev–Trinajstić information content (AvgIpc) is 1.79. The molecule has 0 spiro atoms. The molecule has 0 bridgehead atoms. The van der Waals surface area contributed by atoms with Crippen molar-refractivity contribution in [2.45, 2.75) is 20.0 Å². The van der Waals surface area contributed by atoms with Crippen molar-refractivity contribution in [3.05, 3.63) is 29.5 Å². The van der Waals surface area contributed by atoms with Gasteiger partial charge < -0.3 is 0 Å². The molecule has 0 aliphatic heterocycles. The van der Waals surface area contributed by atoms with Crippen molar-refractivity contribution in [2.75, 3.05) is 0 Å². The number of halogens is 3. The van der Waals surface area contributed by atoms with Crippen LogP contribution in [0.1, 0.15) is 13.8 Å². The van der Waals surface area contributed by atoms with E-state index in [9.17, 15) is 13.2 Å². The first-order chi connectivity index (χ1) is 4.95. The molecule has 0 saturated heterocycles. The lowest BCUT2D eigenvalue weighted by Gasteiger charge is -1.97. The Morgan fingerprint density at radius 1 is 1.36 bits per heavy atom. The molecule has 0 nitrogen and oxygen atoms in total. The molecular formula is C8H9F3. The highest BCUT2D eigenvalue weighted by Gasteiger charge is 2.22. The van der Waals surface area contributed by atoms with Crippen molar-refractivity contribution in [1.29, 1.82) is 0 Å². The van der Waals surface area contributed by atoms with E-state index in [1.54, 1.807) is 13.0 Å². The van der Waals surface area contributed by atoms with E-state index in [1.807, 2.05) is 0 Å². The van der Waals surface area contributed by atoms with Crippen LogP contribution in [0.15, 0.2) is 29.5 Å². The van der Waals surface area contributed by atoms with Crippen molar-refractivity contribution < 1.29 is 13.2 Å². The Kier molecular flexibility index (Phi) is 3.69. The van der Waals surface area contributed by atoms with Gasteiger partial charge in [0.25, 0.3) is 0 Å². The summed E-state index contributed by atoms with van der Waals surface area (Å²) >= 11 is 0. The Balaban J connectivity index is 4.36. The third kappa shape index (κ3) is 6.94. The van der Waals surface area contributed by atoms with Gasteiger partial charge in [-0.15, -0.1) is 5.73 Å². The van der Waals surface area contributed by atoms with Gasteiger partial charge in [0, 0.05) is 6.08 Å². The van der Waals surface area contributed by atoms with E-state index < -0.39 is 6.18 Å². The summed E-state index contributed by atoms with van der Waals surface area (Å²) in [5.41, 5.74) is 2.70. The van der Waals surface area contributed by atoms with E-state index in [4.69, 9.17) is 0 Å². The smallest absolute Gasteiger partial charge is 0.167 e. The van der Waals surface area contributed by atoms with Crippen LogP contribution in [0.4, 0.5) is 13.2 Å². The van der Waals surface area contributed by atoms with Crippen LogP contribution in [0.5, 0.6) is 0 Å². The van der Waals surface area contributed by atoms with E-state index in [1.165, 1.54) is 13.0 Å². The maximum atomic E-state index is 11.6. The van der Waals surface area contributed by atoms with Crippen LogP contribution >= 0.6 is 0 Å². The fourth-order valence-electron chi connectivity index (χ4n) is 0.515. The second kappa shape index (κ2) is 4.04. The number of hydrogen-bond acceptors (Lipinski definition) is 0. The minimum absolute atomic E-state index is 0.149. The first-order valence-corrected chi connectivity index (χ1v) is 3.09. The lowest BCUT2D eigenvalue weighted by molar-refractivity contribution is -0.0803. The molecule has 0 rings (SSSR count). The van der Waals surface area contributed by atoms with E-state index in [-0.39, 0.29) is 11.6 Å². The van der Waals surface area contributed by atoms with Gasteiger partial charge in [-0.25, -0.2) is 0 Å². The topological polar surface area (TPSA) is 0 Å². The average molecular weight is 162 g/mol. The Bertz CT molecular complexity index is 202. The number of alkyl halides is 3. The highest BCUT2D eigenvalue weighted by Crippen LogP contribution is 2.18. The molecule has 11 heavy (non-hydrogen) atoms. The fraction of sp³-hybridized carbons (Fsp3) is 0.375. The Labute approximate surface area is 63.7 Å². The third-order valence-corrected chi connectivity index (χ3v) is 0.869. The monoisotopic (exact) mass is 162 g/mol. The fourth-order valence-corrected chi connectivity index (χ4v) is 0.515. The third-order valence-electron chi connectivity index (χ3n) is 0.869. The van der Waals surface area contributed by atoms with Gasteiger partial charge in [-0.05, 0) is 31.6 Å². The van der Waals surface area contributed by atoms with Crippen molar-refractivity contribution >= 4 is 0 Å². The maximum Gasteiger partial charge on any atom is 0.410 e. The van der Waals surface area contributed by atoms with Gasteiger partial charge in [0.1, 0.15) is 0 Å². The van der Waals surface area contributed by atoms with E-state index in [2.05, 4.69) is 5.73 Å². The normalized spacial score (nSPS) is 12.3. The minimum Gasteiger partial charge on any atom is -0.167 e. The molecule has 0 aromatic rings. The van der Waals surface area contributed by atoms with Gasteiger partial charge in [-0.3, -0.25) is 0 Å². The summed E-state index contributed by atoms with van der Waals surface area (Å²) in [7, 11) is 0. The molecule has 0 atom stereocenters. The summed E-state index contributed by atoms with van der Waals surface area (Å²) in [5.74, 6) is 0. The summed E-state index contributed by atoms with van der Waals surface area (Å²) < 4.78 is 34.8. The molecule has 0 aliphatic rings. The SMILES string of the molecule is CC=C=CC(C)=CC(F)(F)F. The van der Waals surface area contributed by atoms with Crippen LogP contribution in [0.2, 0.25) is 0 Å². The van der Waals surface area contributed by atoms with Gasteiger partial charge >= 0.3 is 6.18 Å². The standard InChI is InChI=1S/C8H9F3/c1-3-4-5-7(2)6-8(9,10)11/h3,5-6H,1-2H3. The lowest BCUT2D eigenvalue weighted by atomic mass is 10.3. The quantitative estimate of drug-likeness (QED) is 0.410. The molecule has 0 saturated carbocycles. The molecule has 3 heteroatoms. The van der Waals surface area contributed by atoms with Gasteiger partial charge in [0.2, 0.25) is 0 Å². The Hall–Kier alpha value is -0.950. The van der Waals surface area contributed by atoms with Crippen LogP contribution in [0.25, 0.3) is 0 Å². The first-order valence-electron chi connectivity index (χ1n) is 3.09. The van der Waals surface area contributed by atoms with Crippen LogP contribution in [0.3, 0.4) is 0 Å². The van der Waals surface area contributed by atoms with Crippen LogP contribution in [-0.2, 0) is 0 Å². The first kappa shape index (κ1) is 10.0. The summed E-state index contributed by atoms with van der Waals surface area (Å²) in [5, 5.41) is 0. The largest absolute Gasteiger partial charge is 0.410 e. The molecule has 0 heterocycles. The number of allylic oxidation sites excluding steroid dienone is 3. The molecule has 0 unspecified atom stereocenters. The molecule has 0 aromatic carbocycles. The predicted octanol–water partition coefficient (Wildman–Crippen LogP) is 3.23. The van der Waals surface area contributed by atoms with Crippen molar-refractivity contribution in [3.63, 3.8) is 0 Å². The number of rotatable bonds is 1. The van der Waals surface area contributed by atoms with E-state index in [0.29, 0.717) is 0 Å². The summed E-state index contributed by atoms with van der Waals surface area (Å²) in [6.07, 6.45) is -1.15. The van der Waals surface area contributed by atoms with Crippen LogP contribution < -0.4 is 0 Å². The van der Waals surface area contributed by atoms with E-state index >= 15 is 0 Å². The molecule has 0 aromatic heterocycles. The Morgan fingerprint density at radius 3 is 2.27 bits per heavy atom. The molecular weight excluding hydrogens is 153 g/mol. The number of hydrogen-bond donors (Lipinski definition) is 0. The second-order valence-corrected chi connectivity index (χ2v) is 2.03. The van der Waals surface area contributed by atoms with Crippen LogP contribution in [0, 0.1) is 0 Å². The van der Waals surface area contributed by atoms with Crippen molar-refractivity contribution in [1.82, 2.24) is 0 Å². The molecule has 62 valence electrons. The molecule has 0 N–H and O–H groups in total. The summed E-state index contributed by atoms with van der Waals surface area (Å²) in [6.45, 7) is 3.07. The minimum atomic E-state index is -4.23. The summed E-state index contributed by atoms with van der Waals surface area (Å²) in [4.78, 5) is 0. The second-order valence-electron chi connectivity index (χ2n) is 2.03. The van der Waals surface area contributed by atoms with Crippen molar-refractivity contribution in [2.24, 2.45) is 0 Å². The molecule has 0 fully saturated rings. The zero-order chi connectivity index (χ0) is 8.91. The molecule has 0 aliphatic carbocycles.